The van der Waals surface area contributed by atoms with Crippen molar-refractivity contribution >= 4 is 22.6 Å². The number of pyridine rings is 1. The molecule has 46 heavy (non-hydrogen) atoms. The molecule has 0 unspecified atom stereocenters. The molecule has 6 heterocycles. The average Bonchev–Trinajstić information content (AvgIpc) is 3.63. The van der Waals surface area contributed by atoms with Crippen LogP contribution in [0.3, 0.4) is 0 Å². The maximum Gasteiger partial charge on any atom is 0.451 e. The van der Waals surface area contributed by atoms with E-state index < -0.39 is 17.8 Å². The molecule has 0 saturated carbocycles. The van der Waals surface area contributed by atoms with Crippen LogP contribution in [0.4, 0.5) is 17.6 Å². The molecule has 2 fully saturated rings. The van der Waals surface area contributed by atoms with E-state index in [1.807, 2.05) is 0 Å². The Bertz CT molecular complexity index is 1850. The van der Waals surface area contributed by atoms with E-state index >= 15 is 0 Å². The summed E-state index contributed by atoms with van der Waals surface area (Å²) < 4.78 is 67.3. The van der Waals surface area contributed by atoms with Crippen LogP contribution in [0.15, 0.2) is 42.7 Å². The maximum atomic E-state index is 14.3. The number of hydrogen-bond donors (Lipinski definition) is 1. The molecule has 4 aromatic heterocycles. The number of imidazole rings is 1. The van der Waals surface area contributed by atoms with Crippen LogP contribution in [0.1, 0.15) is 42.3 Å². The number of ether oxygens (including phenoxy) is 2. The summed E-state index contributed by atoms with van der Waals surface area (Å²) in [7, 11) is 0. The second-order valence-corrected chi connectivity index (χ2v) is 11.8. The molecule has 0 bridgehead atoms. The van der Waals surface area contributed by atoms with Gasteiger partial charge in [-0.3, -0.25) is 9.88 Å². The van der Waals surface area contributed by atoms with Crippen LogP contribution in [0.2, 0.25) is 5.02 Å². The van der Waals surface area contributed by atoms with Crippen LogP contribution < -0.4 is 4.74 Å². The molecule has 240 valence electrons. The Morgan fingerprint density at radius 2 is 1.87 bits per heavy atom. The predicted molar refractivity (Wildman–Crippen MR) is 157 cm³/mol. The molecule has 5 aromatic rings. The second kappa shape index (κ2) is 12.5. The van der Waals surface area contributed by atoms with Crippen molar-refractivity contribution in [3.05, 3.63) is 76.6 Å². The third kappa shape index (κ3) is 6.66. The zero-order chi connectivity index (χ0) is 31.8. The fraction of sp³-hybridized carbons (Fsp3) is 0.400. The number of aromatic amines is 1. The zero-order valence-corrected chi connectivity index (χ0v) is 25.1. The van der Waals surface area contributed by atoms with Gasteiger partial charge in [-0.15, -0.1) is 10.2 Å². The van der Waals surface area contributed by atoms with Gasteiger partial charge in [0.2, 0.25) is 11.7 Å². The lowest BCUT2D eigenvalue weighted by Gasteiger charge is -2.32. The first-order valence-corrected chi connectivity index (χ1v) is 15.2. The Morgan fingerprint density at radius 3 is 2.59 bits per heavy atom. The Balaban J connectivity index is 1.02. The first kappa shape index (κ1) is 30.4. The highest BCUT2D eigenvalue weighted by Crippen LogP contribution is 2.29. The summed E-state index contributed by atoms with van der Waals surface area (Å²) in [5, 5.41) is 7.17. The molecule has 2 saturated heterocycles. The van der Waals surface area contributed by atoms with Gasteiger partial charge in [0.15, 0.2) is 5.82 Å². The number of nitrogens with one attached hydrogen (secondary N) is 1. The van der Waals surface area contributed by atoms with Gasteiger partial charge in [-0.2, -0.15) is 18.2 Å². The van der Waals surface area contributed by atoms with Crippen molar-refractivity contribution in [2.24, 2.45) is 0 Å². The smallest absolute Gasteiger partial charge is 0.451 e. The van der Waals surface area contributed by atoms with E-state index in [-0.39, 0.29) is 30.1 Å². The summed E-state index contributed by atoms with van der Waals surface area (Å²) >= 11 is 5.86. The highest BCUT2D eigenvalue weighted by atomic mass is 35.5. The molecule has 0 aliphatic carbocycles. The molecule has 1 N–H and O–H groups in total. The zero-order valence-electron chi connectivity index (χ0n) is 24.3. The Labute approximate surface area is 265 Å². The van der Waals surface area contributed by atoms with Gasteiger partial charge in [0.1, 0.15) is 29.3 Å². The molecule has 7 rings (SSSR count). The summed E-state index contributed by atoms with van der Waals surface area (Å²) in [5.41, 5.74) is 2.03. The first-order valence-electron chi connectivity index (χ1n) is 14.8. The van der Waals surface area contributed by atoms with Crippen LogP contribution >= 0.6 is 11.6 Å². The van der Waals surface area contributed by atoms with Crippen LogP contribution in [0.25, 0.3) is 22.6 Å². The molecule has 11 nitrogen and oxygen atoms in total. The Kier molecular flexibility index (Phi) is 8.29. The lowest BCUT2D eigenvalue weighted by molar-refractivity contribution is -0.144. The van der Waals surface area contributed by atoms with E-state index in [2.05, 4.69) is 39.6 Å². The largest absolute Gasteiger partial charge is 0.474 e. The summed E-state index contributed by atoms with van der Waals surface area (Å²) in [5.74, 6) is 0.0351. The van der Waals surface area contributed by atoms with Gasteiger partial charge in [-0.05, 0) is 43.0 Å². The average molecular weight is 658 g/mol. The van der Waals surface area contributed by atoms with E-state index in [0.29, 0.717) is 47.5 Å². The lowest BCUT2D eigenvalue weighted by Crippen LogP contribution is -2.39. The summed E-state index contributed by atoms with van der Waals surface area (Å²) in [6.07, 6.45) is 1.26. The monoisotopic (exact) mass is 657 g/mol. The van der Waals surface area contributed by atoms with Gasteiger partial charge in [0.05, 0.1) is 36.4 Å². The van der Waals surface area contributed by atoms with Crippen LogP contribution in [-0.2, 0) is 30.4 Å². The summed E-state index contributed by atoms with van der Waals surface area (Å²) in [4.78, 5) is 22.5. The van der Waals surface area contributed by atoms with Crippen molar-refractivity contribution in [3.8, 4) is 17.4 Å². The first-order chi connectivity index (χ1) is 22.2. The lowest BCUT2D eigenvalue weighted by atomic mass is 10.1. The van der Waals surface area contributed by atoms with E-state index in [0.717, 1.165) is 43.7 Å². The minimum absolute atomic E-state index is 0.0521. The van der Waals surface area contributed by atoms with Crippen molar-refractivity contribution in [1.29, 1.82) is 0 Å². The fourth-order valence-corrected chi connectivity index (χ4v) is 5.75. The van der Waals surface area contributed by atoms with Gasteiger partial charge in [-0.25, -0.2) is 14.4 Å². The number of alkyl halides is 3. The maximum absolute atomic E-state index is 14.3. The fourth-order valence-electron chi connectivity index (χ4n) is 5.59. The van der Waals surface area contributed by atoms with Crippen molar-refractivity contribution in [2.45, 2.75) is 57.2 Å². The van der Waals surface area contributed by atoms with Crippen molar-refractivity contribution in [1.82, 2.24) is 44.6 Å². The van der Waals surface area contributed by atoms with E-state index in [4.69, 9.17) is 26.1 Å². The van der Waals surface area contributed by atoms with Gasteiger partial charge < -0.3 is 19.0 Å². The normalized spacial score (nSPS) is 17.8. The number of nitrogens with zero attached hydrogens (tertiary/aromatic N) is 8. The van der Waals surface area contributed by atoms with Crippen molar-refractivity contribution < 1.29 is 27.0 Å². The van der Waals surface area contributed by atoms with Gasteiger partial charge in [0.25, 0.3) is 0 Å². The van der Waals surface area contributed by atoms with Gasteiger partial charge >= 0.3 is 6.18 Å². The number of H-pyrrole nitrogens is 1. The van der Waals surface area contributed by atoms with Crippen molar-refractivity contribution in [3.63, 3.8) is 0 Å². The molecule has 0 radical (unpaired) electrons. The summed E-state index contributed by atoms with van der Waals surface area (Å²) in [6, 6.07) is 7.84. The quantitative estimate of drug-likeness (QED) is 0.212. The number of fused-ring (bicyclic) bond motifs is 1. The molecule has 1 aromatic carbocycles. The number of hydrogen-bond acceptors (Lipinski definition) is 9. The van der Waals surface area contributed by atoms with Crippen LogP contribution in [-0.4, -0.2) is 76.5 Å². The molecule has 0 spiro atoms. The third-order valence-electron chi connectivity index (χ3n) is 8.12. The second-order valence-electron chi connectivity index (χ2n) is 11.3. The number of piperidine rings is 1. The van der Waals surface area contributed by atoms with Crippen LogP contribution in [0, 0.1) is 5.82 Å². The number of aromatic nitrogens is 8. The SMILES string of the molecule is Fc1cc(Cl)ccc1Cc1nccc(OC2CCN(Cc3nc4cc(-c5nnc(C(F)(F)F)[nH]5)ncc4n3C[C@@H]3CCO3)CC2)n1. The van der Waals surface area contributed by atoms with E-state index in [1.165, 1.54) is 6.07 Å². The van der Waals surface area contributed by atoms with Crippen LogP contribution in [0.5, 0.6) is 5.88 Å². The number of likely N-dealkylation sites (tertiary alicyclic amines) is 1. The number of rotatable bonds is 9. The molecular weight excluding hydrogens is 630 g/mol. The standard InChI is InChI=1S/C30H28ClF4N9O2/c31-18-2-1-17(21(32)12-18)11-25-36-7-3-27(39-25)46-19-4-8-43(9-5-19)16-26-38-22-13-23(28-40-29(42-41-28)30(33,34)35)37-14-24(22)44(26)15-20-6-10-45-20/h1-3,7,12-14,19-20H,4-6,8-11,15-16H2,(H,40,41,42)/t20-/m0/s1. The highest BCUT2D eigenvalue weighted by Gasteiger charge is 2.35. The molecule has 1 atom stereocenters. The van der Waals surface area contributed by atoms with Gasteiger partial charge in [-0.1, -0.05) is 17.7 Å². The molecule has 2 aliphatic heterocycles. The topological polar surface area (TPSA) is 120 Å². The van der Waals surface area contributed by atoms with Gasteiger partial charge in [0, 0.05) is 43.4 Å². The Hall–Kier alpha value is -4.21. The molecule has 0 amide bonds. The molecular formula is C30H28ClF4N9O2. The minimum atomic E-state index is -4.64. The number of halogens is 5. The predicted octanol–water partition coefficient (Wildman–Crippen LogP) is 5.24. The third-order valence-corrected chi connectivity index (χ3v) is 8.36. The number of benzene rings is 1. The van der Waals surface area contributed by atoms with E-state index in [1.54, 1.807) is 36.7 Å². The molecule has 16 heteroatoms. The minimum Gasteiger partial charge on any atom is -0.474 e. The molecule has 2 aliphatic rings. The summed E-state index contributed by atoms with van der Waals surface area (Å²) in [6.45, 7) is 3.38. The Morgan fingerprint density at radius 1 is 1.04 bits per heavy atom. The van der Waals surface area contributed by atoms with E-state index in [9.17, 15) is 17.6 Å². The highest BCUT2D eigenvalue weighted by molar-refractivity contribution is 6.30. The van der Waals surface area contributed by atoms with Crippen molar-refractivity contribution in [2.75, 3.05) is 19.7 Å².